The average molecular weight is 272 g/mol. The second-order valence-corrected chi connectivity index (χ2v) is 4.78. The SMILES string of the molecule is CCCNCCC=CCc1ccc(Cl)c(Cl)c1. The van der Waals surface area contributed by atoms with E-state index >= 15 is 0 Å². The Bertz CT molecular complexity index is 361. The van der Waals surface area contributed by atoms with Crippen LogP contribution in [0, 0.1) is 0 Å². The van der Waals surface area contributed by atoms with Crippen LogP contribution in [0.4, 0.5) is 0 Å². The van der Waals surface area contributed by atoms with Crippen LogP contribution < -0.4 is 5.32 Å². The fourth-order valence-corrected chi connectivity index (χ4v) is 1.81. The van der Waals surface area contributed by atoms with Gasteiger partial charge in [-0.25, -0.2) is 0 Å². The van der Waals surface area contributed by atoms with Crippen molar-refractivity contribution in [3.05, 3.63) is 46.0 Å². The van der Waals surface area contributed by atoms with Crippen LogP contribution >= 0.6 is 23.2 Å². The monoisotopic (exact) mass is 271 g/mol. The van der Waals surface area contributed by atoms with E-state index in [-0.39, 0.29) is 0 Å². The van der Waals surface area contributed by atoms with Gasteiger partial charge in [0.25, 0.3) is 0 Å². The molecule has 0 aromatic heterocycles. The molecule has 0 aliphatic rings. The van der Waals surface area contributed by atoms with E-state index in [2.05, 4.69) is 24.4 Å². The molecule has 0 spiro atoms. The molecule has 1 aromatic rings. The Morgan fingerprint density at radius 1 is 1.12 bits per heavy atom. The highest BCUT2D eigenvalue weighted by atomic mass is 35.5. The van der Waals surface area contributed by atoms with E-state index in [1.807, 2.05) is 18.2 Å². The third kappa shape index (κ3) is 6.11. The fourth-order valence-electron chi connectivity index (χ4n) is 1.49. The molecule has 0 radical (unpaired) electrons. The highest BCUT2D eigenvalue weighted by Gasteiger charge is 1.97. The number of hydrogen-bond acceptors (Lipinski definition) is 1. The van der Waals surface area contributed by atoms with Gasteiger partial charge in [-0.2, -0.15) is 0 Å². The summed E-state index contributed by atoms with van der Waals surface area (Å²) in [7, 11) is 0. The minimum Gasteiger partial charge on any atom is -0.316 e. The highest BCUT2D eigenvalue weighted by molar-refractivity contribution is 6.42. The Hall–Kier alpha value is -0.500. The molecule has 3 heteroatoms. The lowest BCUT2D eigenvalue weighted by atomic mass is 10.1. The lowest BCUT2D eigenvalue weighted by Crippen LogP contribution is -2.14. The number of rotatable bonds is 7. The zero-order valence-corrected chi connectivity index (χ0v) is 11.7. The van der Waals surface area contributed by atoms with E-state index < -0.39 is 0 Å². The predicted octanol–water partition coefficient (Wildman–Crippen LogP) is 4.48. The summed E-state index contributed by atoms with van der Waals surface area (Å²) >= 11 is 11.8. The largest absolute Gasteiger partial charge is 0.316 e. The van der Waals surface area contributed by atoms with Gasteiger partial charge in [0.1, 0.15) is 0 Å². The molecule has 1 aromatic carbocycles. The topological polar surface area (TPSA) is 12.0 Å². The summed E-state index contributed by atoms with van der Waals surface area (Å²) in [5, 5.41) is 4.60. The molecule has 0 aliphatic carbocycles. The summed E-state index contributed by atoms with van der Waals surface area (Å²) in [5.74, 6) is 0. The van der Waals surface area contributed by atoms with Crippen molar-refractivity contribution in [1.82, 2.24) is 5.32 Å². The summed E-state index contributed by atoms with van der Waals surface area (Å²) in [6.07, 6.45) is 7.54. The maximum atomic E-state index is 5.95. The van der Waals surface area contributed by atoms with E-state index in [0.717, 1.165) is 25.9 Å². The van der Waals surface area contributed by atoms with Crippen molar-refractivity contribution < 1.29 is 0 Å². The van der Waals surface area contributed by atoms with Crippen LogP contribution in [0.3, 0.4) is 0 Å². The Morgan fingerprint density at radius 3 is 2.65 bits per heavy atom. The lowest BCUT2D eigenvalue weighted by Gasteiger charge is -2.00. The minimum absolute atomic E-state index is 0.614. The van der Waals surface area contributed by atoms with Crippen LogP contribution in [0.5, 0.6) is 0 Å². The zero-order valence-electron chi connectivity index (χ0n) is 10.2. The molecule has 0 heterocycles. The van der Waals surface area contributed by atoms with Crippen molar-refractivity contribution in [2.75, 3.05) is 13.1 Å². The maximum Gasteiger partial charge on any atom is 0.0595 e. The lowest BCUT2D eigenvalue weighted by molar-refractivity contribution is 0.678. The van der Waals surface area contributed by atoms with Gasteiger partial charge in [0.2, 0.25) is 0 Å². The first-order chi connectivity index (χ1) is 8.24. The summed E-state index contributed by atoms with van der Waals surface area (Å²) in [6, 6.07) is 5.77. The van der Waals surface area contributed by atoms with Crippen molar-refractivity contribution in [2.24, 2.45) is 0 Å². The van der Waals surface area contributed by atoms with Crippen molar-refractivity contribution in [2.45, 2.75) is 26.2 Å². The molecule has 1 N–H and O–H groups in total. The van der Waals surface area contributed by atoms with Crippen LogP contribution in [0.2, 0.25) is 10.0 Å². The van der Waals surface area contributed by atoms with Crippen molar-refractivity contribution in [1.29, 1.82) is 0 Å². The van der Waals surface area contributed by atoms with Gasteiger partial charge in [-0.1, -0.05) is 48.3 Å². The van der Waals surface area contributed by atoms with E-state index in [9.17, 15) is 0 Å². The van der Waals surface area contributed by atoms with E-state index in [1.165, 1.54) is 12.0 Å². The summed E-state index contributed by atoms with van der Waals surface area (Å²) < 4.78 is 0. The number of nitrogens with one attached hydrogen (secondary N) is 1. The van der Waals surface area contributed by atoms with E-state index in [1.54, 1.807) is 0 Å². The molecule has 1 rings (SSSR count). The van der Waals surface area contributed by atoms with Gasteiger partial charge in [-0.15, -0.1) is 0 Å². The van der Waals surface area contributed by atoms with Gasteiger partial charge < -0.3 is 5.32 Å². The number of allylic oxidation sites excluding steroid dienone is 1. The first-order valence-corrected chi connectivity index (χ1v) is 6.79. The Kier molecular flexibility index (Phi) is 7.34. The standard InChI is InChI=1S/C14H19Cl2N/c1-2-9-17-10-5-3-4-6-12-7-8-13(15)14(16)11-12/h3-4,7-8,11,17H,2,5-6,9-10H2,1H3. The fraction of sp³-hybridized carbons (Fsp3) is 0.429. The van der Waals surface area contributed by atoms with Gasteiger partial charge in [-0.3, -0.25) is 0 Å². The Morgan fingerprint density at radius 2 is 1.94 bits per heavy atom. The van der Waals surface area contributed by atoms with Gasteiger partial charge in [-0.05, 0) is 50.0 Å². The molecule has 0 saturated carbocycles. The van der Waals surface area contributed by atoms with Gasteiger partial charge in [0, 0.05) is 0 Å². The van der Waals surface area contributed by atoms with Crippen molar-refractivity contribution in [3.63, 3.8) is 0 Å². The van der Waals surface area contributed by atoms with Crippen LogP contribution in [-0.4, -0.2) is 13.1 Å². The van der Waals surface area contributed by atoms with Crippen LogP contribution in [0.1, 0.15) is 25.3 Å². The molecular weight excluding hydrogens is 253 g/mol. The summed E-state index contributed by atoms with van der Waals surface area (Å²) in [6.45, 7) is 4.32. The molecular formula is C14H19Cl2N. The molecule has 1 nitrogen and oxygen atoms in total. The maximum absolute atomic E-state index is 5.95. The van der Waals surface area contributed by atoms with Crippen LogP contribution in [0.15, 0.2) is 30.4 Å². The quantitative estimate of drug-likeness (QED) is 0.570. The third-order valence-corrected chi connectivity index (χ3v) is 3.16. The minimum atomic E-state index is 0.614. The molecule has 0 fully saturated rings. The molecule has 0 atom stereocenters. The molecule has 17 heavy (non-hydrogen) atoms. The third-order valence-electron chi connectivity index (χ3n) is 2.42. The molecule has 0 aliphatic heterocycles. The Balaban J connectivity index is 2.25. The highest BCUT2D eigenvalue weighted by Crippen LogP contribution is 2.22. The van der Waals surface area contributed by atoms with Crippen molar-refractivity contribution >= 4 is 23.2 Å². The molecule has 0 saturated heterocycles. The summed E-state index contributed by atoms with van der Waals surface area (Å²) in [4.78, 5) is 0. The predicted molar refractivity (Wildman–Crippen MR) is 77.1 cm³/mol. The molecule has 0 bridgehead atoms. The Labute approximate surface area is 114 Å². The van der Waals surface area contributed by atoms with Crippen LogP contribution in [-0.2, 0) is 6.42 Å². The average Bonchev–Trinajstić information content (AvgIpc) is 2.32. The second kappa shape index (κ2) is 8.57. The zero-order chi connectivity index (χ0) is 12.5. The van der Waals surface area contributed by atoms with Gasteiger partial charge in [0.15, 0.2) is 0 Å². The number of halogens is 2. The van der Waals surface area contributed by atoms with Crippen LogP contribution in [0.25, 0.3) is 0 Å². The van der Waals surface area contributed by atoms with Crippen molar-refractivity contribution in [3.8, 4) is 0 Å². The van der Waals surface area contributed by atoms with E-state index in [4.69, 9.17) is 23.2 Å². The molecule has 0 unspecified atom stereocenters. The number of hydrogen-bond donors (Lipinski definition) is 1. The normalized spacial score (nSPS) is 11.2. The van der Waals surface area contributed by atoms with Gasteiger partial charge >= 0.3 is 0 Å². The smallest absolute Gasteiger partial charge is 0.0595 e. The molecule has 94 valence electrons. The number of benzene rings is 1. The molecule has 0 amide bonds. The first kappa shape index (κ1) is 14.6. The first-order valence-electron chi connectivity index (χ1n) is 6.03. The van der Waals surface area contributed by atoms with E-state index in [0.29, 0.717) is 10.0 Å². The van der Waals surface area contributed by atoms with Gasteiger partial charge in [0.05, 0.1) is 10.0 Å². The second-order valence-electron chi connectivity index (χ2n) is 3.96. The summed E-state index contributed by atoms with van der Waals surface area (Å²) in [5.41, 5.74) is 1.19.